The first-order valence-electron chi connectivity index (χ1n) is 7.50. The highest BCUT2D eigenvalue weighted by molar-refractivity contribution is 5.81. The molecular weight excluding hydrogens is 266 g/mol. The van der Waals surface area contributed by atoms with Gasteiger partial charge in [0.15, 0.2) is 6.10 Å². The fourth-order valence-electron chi connectivity index (χ4n) is 2.01. The predicted octanol–water partition coefficient (Wildman–Crippen LogP) is 2.68. The van der Waals surface area contributed by atoms with Crippen molar-refractivity contribution < 1.29 is 14.6 Å². The Kier molecular flexibility index (Phi) is 6.69. The predicted molar refractivity (Wildman–Crippen MR) is 84.4 cm³/mol. The summed E-state index contributed by atoms with van der Waals surface area (Å²) in [5.41, 5.74) is 0.985. The number of carbonyl (C=O) groups is 1. The van der Waals surface area contributed by atoms with Crippen molar-refractivity contribution in [3.63, 3.8) is 0 Å². The number of aliphatic hydroxyl groups excluding tert-OH is 1. The van der Waals surface area contributed by atoms with Crippen LogP contribution in [0.2, 0.25) is 0 Å². The third-order valence-corrected chi connectivity index (χ3v) is 3.46. The number of carbonyl (C=O) groups excluding carboxylic acids is 1. The Morgan fingerprint density at radius 1 is 1.43 bits per heavy atom. The van der Waals surface area contributed by atoms with Gasteiger partial charge in [-0.2, -0.15) is 0 Å². The van der Waals surface area contributed by atoms with Crippen molar-refractivity contribution in [2.45, 2.75) is 46.6 Å². The maximum Gasteiger partial charge on any atom is 0.261 e. The molecule has 1 unspecified atom stereocenters. The van der Waals surface area contributed by atoms with Gasteiger partial charge in [-0.1, -0.05) is 32.9 Å². The van der Waals surface area contributed by atoms with Gasteiger partial charge in [-0.3, -0.25) is 4.79 Å². The molecule has 0 aliphatic heterocycles. The molecule has 0 fully saturated rings. The molecule has 1 amide bonds. The molecule has 0 heterocycles. The summed E-state index contributed by atoms with van der Waals surface area (Å²) < 4.78 is 5.77. The monoisotopic (exact) mass is 293 g/mol. The van der Waals surface area contributed by atoms with Gasteiger partial charge in [0.1, 0.15) is 5.75 Å². The fourth-order valence-corrected chi connectivity index (χ4v) is 2.01. The fraction of sp³-hybridized carbons (Fsp3) is 0.588. The molecule has 0 spiro atoms. The summed E-state index contributed by atoms with van der Waals surface area (Å²) in [6.45, 7) is 8.61. The van der Waals surface area contributed by atoms with E-state index in [1.54, 1.807) is 0 Å². The minimum absolute atomic E-state index is 0.106. The molecule has 0 saturated heterocycles. The van der Waals surface area contributed by atoms with Crippen molar-refractivity contribution >= 4 is 5.91 Å². The first-order chi connectivity index (χ1) is 9.88. The smallest absolute Gasteiger partial charge is 0.261 e. The van der Waals surface area contributed by atoms with E-state index in [9.17, 15) is 4.79 Å². The topological polar surface area (TPSA) is 58.6 Å². The highest BCUT2D eigenvalue weighted by atomic mass is 16.5. The zero-order valence-corrected chi connectivity index (χ0v) is 13.5. The average molecular weight is 293 g/mol. The van der Waals surface area contributed by atoms with Crippen molar-refractivity contribution in [2.24, 2.45) is 5.41 Å². The molecule has 0 saturated carbocycles. The average Bonchev–Trinajstić information content (AvgIpc) is 2.42. The number of nitrogens with one attached hydrogen (secondary N) is 1. The van der Waals surface area contributed by atoms with Crippen LogP contribution in [0.25, 0.3) is 0 Å². The molecule has 1 rings (SSSR count). The SMILES string of the molecule is CCC(Oc1cccc(C)c1)C(=O)NCC(C)(C)CCO. The minimum Gasteiger partial charge on any atom is -0.481 e. The van der Waals surface area contributed by atoms with Crippen LogP contribution in [0, 0.1) is 12.3 Å². The lowest BCUT2D eigenvalue weighted by Crippen LogP contribution is -2.42. The van der Waals surface area contributed by atoms with Gasteiger partial charge in [-0.05, 0) is 42.9 Å². The van der Waals surface area contributed by atoms with Crippen LogP contribution in [-0.4, -0.2) is 30.3 Å². The molecule has 21 heavy (non-hydrogen) atoms. The molecule has 4 nitrogen and oxygen atoms in total. The van der Waals surface area contributed by atoms with E-state index in [4.69, 9.17) is 9.84 Å². The molecule has 0 aliphatic carbocycles. The standard InChI is InChI=1S/C17H27NO3/c1-5-15(21-14-8-6-7-13(2)11-14)16(20)18-12-17(3,4)9-10-19/h6-8,11,15,19H,5,9-10,12H2,1-4H3,(H,18,20). The van der Waals surface area contributed by atoms with Gasteiger partial charge < -0.3 is 15.2 Å². The van der Waals surface area contributed by atoms with Gasteiger partial charge in [0.25, 0.3) is 5.91 Å². The van der Waals surface area contributed by atoms with Crippen LogP contribution in [0.15, 0.2) is 24.3 Å². The maximum absolute atomic E-state index is 12.2. The number of aryl methyl sites for hydroxylation is 1. The highest BCUT2D eigenvalue weighted by Gasteiger charge is 2.22. The molecule has 1 atom stereocenters. The number of hydrogen-bond donors (Lipinski definition) is 2. The first-order valence-corrected chi connectivity index (χ1v) is 7.50. The Morgan fingerprint density at radius 3 is 2.71 bits per heavy atom. The van der Waals surface area contributed by atoms with Crippen LogP contribution < -0.4 is 10.1 Å². The van der Waals surface area contributed by atoms with Gasteiger partial charge >= 0.3 is 0 Å². The molecule has 1 aromatic carbocycles. The van der Waals surface area contributed by atoms with E-state index in [0.717, 1.165) is 5.56 Å². The summed E-state index contributed by atoms with van der Waals surface area (Å²) in [5, 5.41) is 11.9. The molecule has 1 aromatic rings. The molecule has 118 valence electrons. The van der Waals surface area contributed by atoms with Crippen LogP contribution in [0.3, 0.4) is 0 Å². The molecule has 0 bridgehead atoms. The molecule has 0 aromatic heterocycles. The van der Waals surface area contributed by atoms with Crippen molar-refractivity contribution in [3.05, 3.63) is 29.8 Å². The van der Waals surface area contributed by atoms with E-state index >= 15 is 0 Å². The Balaban J connectivity index is 2.57. The summed E-state index contributed by atoms with van der Waals surface area (Å²) in [5.74, 6) is 0.608. The van der Waals surface area contributed by atoms with E-state index in [0.29, 0.717) is 25.1 Å². The Morgan fingerprint density at radius 2 is 2.14 bits per heavy atom. The number of aliphatic hydroxyl groups is 1. The third kappa shape index (κ3) is 6.17. The number of ether oxygens (including phenoxy) is 1. The van der Waals surface area contributed by atoms with Gasteiger partial charge in [-0.25, -0.2) is 0 Å². The Bertz CT molecular complexity index is 457. The molecule has 0 radical (unpaired) electrons. The van der Waals surface area contributed by atoms with E-state index in [-0.39, 0.29) is 17.9 Å². The zero-order chi connectivity index (χ0) is 15.9. The summed E-state index contributed by atoms with van der Waals surface area (Å²) in [6.07, 6.45) is 0.778. The molecule has 0 aliphatic rings. The highest BCUT2D eigenvalue weighted by Crippen LogP contribution is 2.19. The van der Waals surface area contributed by atoms with Crippen LogP contribution in [0.1, 0.15) is 39.2 Å². The number of rotatable bonds is 8. The van der Waals surface area contributed by atoms with Crippen LogP contribution >= 0.6 is 0 Å². The minimum atomic E-state index is -0.489. The summed E-state index contributed by atoms with van der Waals surface area (Å²) in [6, 6.07) is 7.69. The maximum atomic E-state index is 12.2. The van der Waals surface area contributed by atoms with Gasteiger partial charge in [0.2, 0.25) is 0 Å². The zero-order valence-electron chi connectivity index (χ0n) is 13.5. The molecular formula is C17H27NO3. The largest absolute Gasteiger partial charge is 0.481 e. The Hall–Kier alpha value is -1.55. The van der Waals surface area contributed by atoms with Crippen LogP contribution in [-0.2, 0) is 4.79 Å². The van der Waals surface area contributed by atoms with Crippen molar-refractivity contribution in [2.75, 3.05) is 13.2 Å². The lowest BCUT2D eigenvalue weighted by Gasteiger charge is -2.25. The first kappa shape index (κ1) is 17.5. The number of benzene rings is 1. The number of amides is 1. The summed E-state index contributed by atoms with van der Waals surface area (Å²) >= 11 is 0. The van der Waals surface area contributed by atoms with E-state index in [1.807, 2.05) is 52.0 Å². The third-order valence-electron chi connectivity index (χ3n) is 3.46. The molecule has 2 N–H and O–H groups in total. The second-order valence-corrected chi connectivity index (χ2v) is 6.19. The summed E-state index contributed by atoms with van der Waals surface area (Å²) in [7, 11) is 0. The van der Waals surface area contributed by atoms with E-state index in [1.165, 1.54) is 0 Å². The second-order valence-electron chi connectivity index (χ2n) is 6.19. The molecule has 4 heteroatoms. The van der Waals surface area contributed by atoms with Crippen molar-refractivity contribution in [1.29, 1.82) is 0 Å². The van der Waals surface area contributed by atoms with Crippen molar-refractivity contribution in [3.8, 4) is 5.75 Å². The van der Waals surface area contributed by atoms with Crippen LogP contribution in [0.5, 0.6) is 5.75 Å². The lowest BCUT2D eigenvalue weighted by molar-refractivity contribution is -0.128. The normalized spacial score (nSPS) is 12.8. The lowest BCUT2D eigenvalue weighted by atomic mass is 9.89. The second kappa shape index (κ2) is 8.03. The Labute approximate surface area is 127 Å². The number of hydrogen-bond acceptors (Lipinski definition) is 3. The van der Waals surface area contributed by atoms with E-state index in [2.05, 4.69) is 5.32 Å². The van der Waals surface area contributed by atoms with Gasteiger partial charge in [-0.15, -0.1) is 0 Å². The quantitative estimate of drug-likeness (QED) is 0.774. The van der Waals surface area contributed by atoms with Gasteiger partial charge in [0.05, 0.1) is 0 Å². The van der Waals surface area contributed by atoms with Gasteiger partial charge in [0, 0.05) is 13.2 Å². The van der Waals surface area contributed by atoms with Crippen molar-refractivity contribution in [1.82, 2.24) is 5.32 Å². The van der Waals surface area contributed by atoms with Crippen LogP contribution in [0.4, 0.5) is 0 Å². The van der Waals surface area contributed by atoms with E-state index < -0.39 is 6.10 Å². The summed E-state index contributed by atoms with van der Waals surface area (Å²) in [4.78, 5) is 12.2.